The second-order valence-corrected chi connectivity index (χ2v) is 22.7. The normalized spacial score (nSPS) is 12.1. The molecule has 61 heavy (non-hydrogen) atoms. The van der Waals surface area contributed by atoms with E-state index in [2.05, 4.69) is 231 Å². The van der Waals surface area contributed by atoms with Gasteiger partial charge in [0.1, 0.15) is 11.5 Å². The maximum absolute atomic E-state index is 7.04. The Balaban J connectivity index is 1.13. The molecule has 0 aliphatic carbocycles. The maximum Gasteiger partial charge on any atom is 0.137 e. The van der Waals surface area contributed by atoms with E-state index in [0.717, 1.165) is 62.1 Å². The smallest absolute Gasteiger partial charge is 0.137 e. The fraction of sp³-hybridized carbons (Fsp3) is 0.0877. The van der Waals surface area contributed by atoms with Crippen LogP contribution in [0.1, 0.15) is 11.1 Å². The zero-order valence-corrected chi connectivity index (χ0v) is 36.2. The molecule has 1 aliphatic rings. The van der Waals surface area contributed by atoms with E-state index in [1.54, 1.807) is 0 Å². The molecule has 0 aromatic heterocycles. The average molecular weight is 803 g/mol. The van der Waals surface area contributed by atoms with Crippen LogP contribution in [0.3, 0.4) is 0 Å². The molecule has 0 fully saturated rings. The van der Waals surface area contributed by atoms with Crippen molar-refractivity contribution < 1.29 is 4.74 Å². The van der Waals surface area contributed by atoms with Gasteiger partial charge in [-0.1, -0.05) is 134 Å². The van der Waals surface area contributed by atoms with Crippen LogP contribution in [0.5, 0.6) is 11.5 Å². The van der Waals surface area contributed by atoms with Crippen LogP contribution in [0.2, 0.25) is 19.6 Å². The first-order valence-corrected chi connectivity index (χ1v) is 24.7. The predicted molar refractivity (Wildman–Crippen MR) is 264 cm³/mol. The minimum atomic E-state index is -1.46. The first-order chi connectivity index (χ1) is 29.7. The number of para-hydroxylation sites is 2. The molecule has 4 heteroatoms. The number of nitrogens with zero attached hydrogens (tertiary/aromatic N) is 2. The largest absolute Gasteiger partial charge is 0.456 e. The molecule has 0 unspecified atom stereocenters. The van der Waals surface area contributed by atoms with E-state index in [1.165, 1.54) is 54.0 Å². The van der Waals surface area contributed by atoms with E-state index in [1.807, 2.05) is 0 Å². The summed E-state index contributed by atoms with van der Waals surface area (Å²) in [5.41, 5.74) is 11.3. The number of fused-ring (bicyclic) bond motifs is 7. The number of anilines is 6. The zero-order chi connectivity index (χ0) is 41.4. The van der Waals surface area contributed by atoms with Gasteiger partial charge in [0.15, 0.2) is 0 Å². The molecule has 10 aromatic carbocycles. The van der Waals surface area contributed by atoms with Gasteiger partial charge in [0.25, 0.3) is 0 Å². The molecule has 11 rings (SSSR count). The van der Waals surface area contributed by atoms with Crippen LogP contribution in [-0.2, 0) is 0 Å². The number of rotatable bonds is 7. The van der Waals surface area contributed by atoms with Crippen molar-refractivity contribution in [3.8, 4) is 22.6 Å². The molecule has 0 saturated heterocycles. The third kappa shape index (κ3) is 6.34. The van der Waals surface area contributed by atoms with Gasteiger partial charge >= 0.3 is 0 Å². The summed E-state index contributed by atoms with van der Waals surface area (Å²) in [7, 11) is -1.46. The minimum Gasteiger partial charge on any atom is -0.456 e. The Morgan fingerprint density at radius 1 is 0.377 bits per heavy atom. The van der Waals surface area contributed by atoms with Gasteiger partial charge in [0, 0.05) is 50.8 Å². The van der Waals surface area contributed by atoms with Crippen LogP contribution >= 0.6 is 0 Å². The molecule has 1 aliphatic heterocycles. The first kappa shape index (κ1) is 36.9. The Bertz CT molecular complexity index is 3330. The summed E-state index contributed by atoms with van der Waals surface area (Å²) < 4.78 is 7.04. The monoisotopic (exact) mass is 802 g/mol. The second kappa shape index (κ2) is 14.3. The highest BCUT2D eigenvalue weighted by Gasteiger charge is 2.27. The summed E-state index contributed by atoms with van der Waals surface area (Å²) in [5.74, 6) is 1.75. The number of benzene rings is 10. The van der Waals surface area contributed by atoms with Gasteiger partial charge in [-0.25, -0.2) is 0 Å². The molecule has 10 aromatic rings. The highest BCUT2D eigenvalue weighted by atomic mass is 28.3. The molecule has 3 nitrogen and oxygen atoms in total. The summed E-state index contributed by atoms with van der Waals surface area (Å²) in [4.78, 5) is 4.77. The fourth-order valence-electron chi connectivity index (χ4n) is 9.39. The van der Waals surface area contributed by atoms with Gasteiger partial charge in [-0.15, -0.1) is 0 Å². The van der Waals surface area contributed by atoms with Crippen molar-refractivity contribution in [2.75, 3.05) is 9.80 Å². The number of hydrogen-bond donors (Lipinski definition) is 0. The Morgan fingerprint density at radius 2 is 0.967 bits per heavy atom. The summed E-state index contributed by atoms with van der Waals surface area (Å²) in [6.45, 7) is 11.6. The quantitative estimate of drug-likeness (QED) is 0.118. The summed E-state index contributed by atoms with van der Waals surface area (Å²) in [6, 6.07) is 69.1. The third-order valence-electron chi connectivity index (χ3n) is 12.4. The van der Waals surface area contributed by atoms with Crippen molar-refractivity contribution in [2.45, 2.75) is 33.5 Å². The van der Waals surface area contributed by atoms with Crippen molar-refractivity contribution >= 4 is 90.5 Å². The van der Waals surface area contributed by atoms with E-state index in [9.17, 15) is 0 Å². The van der Waals surface area contributed by atoms with Crippen molar-refractivity contribution in [2.24, 2.45) is 0 Å². The Hall–Kier alpha value is -7.14. The maximum atomic E-state index is 7.04. The molecular weight excluding hydrogens is 757 g/mol. The lowest BCUT2D eigenvalue weighted by molar-refractivity contribution is 0.487. The lowest BCUT2D eigenvalue weighted by Gasteiger charge is -2.30. The van der Waals surface area contributed by atoms with E-state index in [4.69, 9.17) is 4.74 Å². The Kier molecular flexibility index (Phi) is 8.62. The standard InChI is InChI=1S/C57H46N2OSi/c1-37-20-28-47-49(30-37)50-35-53-48-29-25-45(58(41-16-8-6-9-17-41)43-23-26-46(27-24-43)61(3,4)5)34-55(48)60-56-32-38(2)31-52(57(53)56)51(50)36-54(47)59(42-18-10-7-11-19-42)44-22-21-39-14-12-13-15-40(39)33-44/h6-36H,1-5H3. The number of ether oxygens (including phenoxy) is 1. The lowest BCUT2D eigenvalue weighted by atomic mass is 9.87. The fourth-order valence-corrected chi connectivity index (χ4v) is 10.6. The molecule has 0 saturated carbocycles. The van der Waals surface area contributed by atoms with Crippen molar-refractivity contribution in [3.05, 3.63) is 199 Å². The third-order valence-corrected chi connectivity index (χ3v) is 14.5. The van der Waals surface area contributed by atoms with Crippen LogP contribution < -0.4 is 19.7 Å². The molecule has 0 bridgehead atoms. The molecule has 0 radical (unpaired) electrons. The molecule has 0 amide bonds. The van der Waals surface area contributed by atoms with Gasteiger partial charge in [0.05, 0.1) is 13.8 Å². The van der Waals surface area contributed by atoms with Gasteiger partial charge in [0.2, 0.25) is 0 Å². The van der Waals surface area contributed by atoms with Crippen LogP contribution in [0.15, 0.2) is 188 Å². The first-order valence-electron chi connectivity index (χ1n) is 21.2. The molecule has 0 N–H and O–H groups in total. The zero-order valence-electron chi connectivity index (χ0n) is 35.2. The van der Waals surface area contributed by atoms with E-state index in [0.29, 0.717) is 0 Å². The molecular formula is C57H46N2OSi. The SMILES string of the molecule is Cc1ccc2c(N(c3ccccc3)c3ccc4ccccc4c3)cc3c4cc(C)cc5c4c(cc3c2c1)-c1ccc(N(c2ccccc2)c2ccc([Si](C)(C)C)cc2)cc1O5. The topological polar surface area (TPSA) is 15.7 Å². The van der Waals surface area contributed by atoms with Crippen LogP contribution in [0.4, 0.5) is 34.1 Å². The Labute approximate surface area is 358 Å². The van der Waals surface area contributed by atoms with Crippen LogP contribution in [0, 0.1) is 13.8 Å². The van der Waals surface area contributed by atoms with Crippen LogP contribution in [-0.4, -0.2) is 8.07 Å². The summed E-state index contributed by atoms with van der Waals surface area (Å²) >= 11 is 0. The van der Waals surface area contributed by atoms with Crippen molar-refractivity contribution in [1.29, 1.82) is 0 Å². The highest BCUT2D eigenvalue weighted by Crippen LogP contribution is 2.53. The van der Waals surface area contributed by atoms with Crippen molar-refractivity contribution in [3.63, 3.8) is 0 Å². The number of hydrogen-bond acceptors (Lipinski definition) is 3. The van der Waals surface area contributed by atoms with E-state index < -0.39 is 8.07 Å². The highest BCUT2D eigenvalue weighted by molar-refractivity contribution is 6.88. The van der Waals surface area contributed by atoms with Gasteiger partial charge in [-0.05, 0) is 136 Å². The predicted octanol–water partition coefficient (Wildman–Crippen LogP) is 16.2. The minimum absolute atomic E-state index is 0.861. The summed E-state index contributed by atoms with van der Waals surface area (Å²) in [5, 5.41) is 11.1. The Morgan fingerprint density at radius 3 is 1.70 bits per heavy atom. The van der Waals surface area contributed by atoms with E-state index in [-0.39, 0.29) is 0 Å². The average Bonchev–Trinajstić information content (AvgIpc) is 3.27. The van der Waals surface area contributed by atoms with E-state index >= 15 is 0 Å². The molecule has 0 spiro atoms. The summed E-state index contributed by atoms with van der Waals surface area (Å²) in [6.07, 6.45) is 0. The molecule has 1 heterocycles. The number of aryl methyl sites for hydroxylation is 2. The van der Waals surface area contributed by atoms with Crippen molar-refractivity contribution in [1.82, 2.24) is 0 Å². The lowest BCUT2D eigenvalue weighted by Crippen LogP contribution is -2.37. The molecule has 0 atom stereocenters. The van der Waals surface area contributed by atoms with Gasteiger partial charge in [-0.2, -0.15) is 0 Å². The van der Waals surface area contributed by atoms with Gasteiger partial charge in [-0.3, -0.25) is 0 Å². The van der Waals surface area contributed by atoms with Crippen LogP contribution in [0.25, 0.3) is 54.2 Å². The van der Waals surface area contributed by atoms with Gasteiger partial charge < -0.3 is 14.5 Å². The molecule has 294 valence electrons. The second-order valence-electron chi connectivity index (χ2n) is 17.6.